The number of ether oxygens (including phenoxy) is 2. The minimum Gasteiger partial charge on any atom is -0.493 e. The number of esters is 1. The Morgan fingerprint density at radius 1 is 1.35 bits per heavy atom. The Bertz CT molecular complexity index is 461. The molecular weight excluding hydrogens is 262 g/mol. The van der Waals surface area contributed by atoms with Crippen molar-refractivity contribution < 1.29 is 24.2 Å². The maximum atomic E-state index is 11.6. The molecule has 0 fully saturated rings. The van der Waals surface area contributed by atoms with Crippen LogP contribution in [0.5, 0.6) is 5.75 Å². The van der Waals surface area contributed by atoms with Gasteiger partial charge in [-0.15, -0.1) is 0 Å². The lowest BCUT2D eigenvalue weighted by Crippen LogP contribution is -2.44. The number of amides is 1. The van der Waals surface area contributed by atoms with E-state index < -0.39 is 18.6 Å². The van der Waals surface area contributed by atoms with Gasteiger partial charge in [-0.2, -0.15) is 0 Å². The topological polar surface area (TPSA) is 84.9 Å². The molecule has 0 aliphatic carbocycles. The molecule has 0 radical (unpaired) electrons. The van der Waals surface area contributed by atoms with Crippen molar-refractivity contribution in [1.29, 1.82) is 0 Å². The standard InChI is InChI=1S/C14H19NO5/c1-10-5-3-4-6-12(10)20-8-7-13(17)15-11(9-16)14(18)19-2/h3-6,11,16H,7-9H2,1-2H3,(H,15,17)/t11-/m1/s1. The van der Waals surface area contributed by atoms with Crippen LogP contribution in [0.2, 0.25) is 0 Å². The van der Waals surface area contributed by atoms with Gasteiger partial charge in [-0.3, -0.25) is 4.79 Å². The Morgan fingerprint density at radius 3 is 2.65 bits per heavy atom. The van der Waals surface area contributed by atoms with Crippen molar-refractivity contribution in [2.24, 2.45) is 0 Å². The molecule has 110 valence electrons. The molecule has 0 aromatic heterocycles. The second-order valence-corrected chi connectivity index (χ2v) is 4.19. The van der Waals surface area contributed by atoms with E-state index in [0.29, 0.717) is 5.75 Å². The summed E-state index contributed by atoms with van der Waals surface area (Å²) in [6, 6.07) is 6.44. The summed E-state index contributed by atoms with van der Waals surface area (Å²) in [4.78, 5) is 22.8. The average molecular weight is 281 g/mol. The zero-order chi connectivity index (χ0) is 15.0. The number of nitrogens with one attached hydrogen (secondary N) is 1. The zero-order valence-electron chi connectivity index (χ0n) is 11.6. The van der Waals surface area contributed by atoms with Gasteiger partial charge in [0, 0.05) is 0 Å². The van der Waals surface area contributed by atoms with Crippen molar-refractivity contribution in [3.8, 4) is 5.75 Å². The van der Waals surface area contributed by atoms with Gasteiger partial charge >= 0.3 is 5.97 Å². The number of aliphatic hydroxyl groups is 1. The molecule has 0 saturated heterocycles. The van der Waals surface area contributed by atoms with E-state index in [-0.39, 0.29) is 18.9 Å². The molecule has 0 spiro atoms. The molecule has 0 aliphatic rings. The van der Waals surface area contributed by atoms with Gasteiger partial charge in [-0.05, 0) is 18.6 Å². The number of benzene rings is 1. The van der Waals surface area contributed by atoms with Gasteiger partial charge in [-0.1, -0.05) is 18.2 Å². The lowest BCUT2D eigenvalue weighted by Gasteiger charge is -2.14. The molecule has 1 aromatic rings. The van der Waals surface area contributed by atoms with E-state index >= 15 is 0 Å². The number of aryl methyl sites for hydroxylation is 1. The largest absolute Gasteiger partial charge is 0.493 e. The first kappa shape index (κ1) is 16.0. The molecule has 1 rings (SSSR count). The van der Waals surface area contributed by atoms with Crippen LogP contribution in [-0.2, 0) is 14.3 Å². The molecule has 0 aliphatic heterocycles. The highest BCUT2D eigenvalue weighted by Crippen LogP contribution is 2.16. The van der Waals surface area contributed by atoms with E-state index in [9.17, 15) is 9.59 Å². The van der Waals surface area contributed by atoms with Crippen molar-refractivity contribution >= 4 is 11.9 Å². The quantitative estimate of drug-likeness (QED) is 0.707. The van der Waals surface area contributed by atoms with Crippen LogP contribution in [0.3, 0.4) is 0 Å². The van der Waals surface area contributed by atoms with Crippen molar-refractivity contribution in [2.45, 2.75) is 19.4 Å². The molecule has 1 amide bonds. The number of aliphatic hydroxyl groups excluding tert-OH is 1. The molecule has 0 bridgehead atoms. The van der Waals surface area contributed by atoms with E-state index in [0.717, 1.165) is 5.56 Å². The number of carbonyl (C=O) groups is 2. The minimum absolute atomic E-state index is 0.0851. The van der Waals surface area contributed by atoms with Gasteiger partial charge in [0.25, 0.3) is 0 Å². The summed E-state index contributed by atoms with van der Waals surface area (Å²) < 4.78 is 9.92. The average Bonchev–Trinajstić information content (AvgIpc) is 2.46. The summed E-state index contributed by atoms with van der Waals surface area (Å²) >= 11 is 0. The van der Waals surface area contributed by atoms with Crippen LogP contribution in [0.25, 0.3) is 0 Å². The van der Waals surface area contributed by atoms with Crippen LogP contribution < -0.4 is 10.1 Å². The van der Waals surface area contributed by atoms with E-state index in [4.69, 9.17) is 9.84 Å². The molecule has 0 heterocycles. The predicted molar refractivity (Wildman–Crippen MR) is 72.3 cm³/mol. The van der Waals surface area contributed by atoms with Crippen molar-refractivity contribution in [2.75, 3.05) is 20.3 Å². The van der Waals surface area contributed by atoms with Gasteiger partial charge in [0.1, 0.15) is 5.75 Å². The van der Waals surface area contributed by atoms with E-state index in [2.05, 4.69) is 10.1 Å². The van der Waals surface area contributed by atoms with Gasteiger partial charge in [-0.25, -0.2) is 4.79 Å². The van der Waals surface area contributed by atoms with E-state index in [1.807, 2.05) is 31.2 Å². The Balaban J connectivity index is 2.37. The van der Waals surface area contributed by atoms with Crippen LogP contribution in [0.1, 0.15) is 12.0 Å². The van der Waals surface area contributed by atoms with Crippen LogP contribution in [0.4, 0.5) is 0 Å². The zero-order valence-corrected chi connectivity index (χ0v) is 11.6. The molecular formula is C14H19NO5. The van der Waals surface area contributed by atoms with Crippen molar-refractivity contribution in [3.63, 3.8) is 0 Å². The first-order valence-corrected chi connectivity index (χ1v) is 6.25. The Labute approximate surface area is 117 Å². The smallest absolute Gasteiger partial charge is 0.330 e. The Kier molecular flexibility index (Phi) is 6.52. The van der Waals surface area contributed by atoms with Gasteiger partial charge in [0.15, 0.2) is 6.04 Å². The predicted octanol–water partition coefficient (Wildman–Crippen LogP) is 0.414. The maximum Gasteiger partial charge on any atom is 0.330 e. The summed E-state index contributed by atoms with van der Waals surface area (Å²) in [7, 11) is 1.19. The molecule has 2 N–H and O–H groups in total. The fraction of sp³-hybridized carbons (Fsp3) is 0.429. The number of hydrogen-bond acceptors (Lipinski definition) is 5. The molecule has 1 aromatic carbocycles. The third-order valence-electron chi connectivity index (χ3n) is 2.68. The third kappa shape index (κ3) is 4.89. The molecule has 6 heteroatoms. The summed E-state index contributed by atoms with van der Waals surface area (Å²) in [5, 5.41) is 11.3. The molecule has 6 nitrogen and oxygen atoms in total. The Hall–Kier alpha value is -2.08. The summed E-state index contributed by atoms with van der Waals surface area (Å²) in [5.74, 6) is -0.351. The fourth-order valence-corrected chi connectivity index (χ4v) is 1.56. The Morgan fingerprint density at radius 2 is 2.05 bits per heavy atom. The lowest BCUT2D eigenvalue weighted by atomic mass is 10.2. The molecule has 0 saturated carbocycles. The SMILES string of the molecule is COC(=O)[C@@H](CO)NC(=O)CCOc1ccccc1C. The highest BCUT2D eigenvalue weighted by Gasteiger charge is 2.20. The van der Waals surface area contributed by atoms with Gasteiger partial charge in [0.2, 0.25) is 5.91 Å². The van der Waals surface area contributed by atoms with E-state index in [1.54, 1.807) is 0 Å². The lowest BCUT2D eigenvalue weighted by molar-refractivity contribution is -0.146. The van der Waals surface area contributed by atoms with Crippen LogP contribution in [0, 0.1) is 6.92 Å². The van der Waals surface area contributed by atoms with E-state index in [1.165, 1.54) is 7.11 Å². The number of hydrogen-bond donors (Lipinski definition) is 2. The monoisotopic (exact) mass is 281 g/mol. The highest BCUT2D eigenvalue weighted by atomic mass is 16.5. The second-order valence-electron chi connectivity index (χ2n) is 4.19. The van der Waals surface area contributed by atoms with Gasteiger partial charge < -0.3 is 19.9 Å². The number of rotatable bonds is 7. The number of para-hydroxylation sites is 1. The van der Waals surface area contributed by atoms with Crippen LogP contribution in [-0.4, -0.2) is 43.3 Å². The summed E-state index contributed by atoms with van der Waals surface area (Å²) in [6.07, 6.45) is 0.0851. The minimum atomic E-state index is -1.04. The fourth-order valence-electron chi connectivity index (χ4n) is 1.56. The van der Waals surface area contributed by atoms with Crippen LogP contribution >= 0.6 is 0 Å². The first-order valence-electron chi connectivity index (χ1n) is 6.25. The highest BCUT2D eigenvalue weighted by molar-refractivity contribution is 5.84. The molecule has 0 unspecified atom stereocenters. The second kappa shape index (κ2) is 8.16. The molecule has 1 atom stereocenters. The first-order chi connectivity index (χ1) is 9.58. The van der Waals surface area contributed by atoms with Crippen molar-refractivity contribution in [3.05, 3.63) is 29.8 Å². The number of carbonyl (C=O) groups excluding carboxylic acids is 2. The van der Waals surface area contributed by atoms with Crippen molar-refractivity contribution in [1.82, 2.24) is 5.32 Å². The summed E-state index contributed by atoms with van der Waals surface area (Å²) in [6.45, 7) is 1.60. The maximum absolute atomic E-state index is 11.6. The third-order valence-corrected chi connectivity index (χ3v) is 2.68. The van der Waals surface area contributed by atoms with Gasteiger partial charge in [0.05, 0.1) is 26.7 Å². The summed E-state index contributed by atoms with van der Waals surface area (Å²) in [5.41, 5.74) is 0.982. The molecule has 20 heavy (non-hydrogen) atoms. The normalized spacial score (nSPS) is 11.6. The number of methoxy groups -OCH3 is 1. The van der Waals surface area contributed by atoms with Crippen LogP contribution in [0.15, 0.2) is 24.3 Å².